The number of nitrogens with zero attached hydrogens (tertiary/aromatic N) is 1. The first-order valence-electron chi connectivity index (χ1n) is 13.0. The Morgan fingerprint density at radius 2 is 1.84 bits per heavy atom. The van der Waals surface area contributed by atoms with E-state index in [0.29, 0.717) is 29.6 Å². The average molecular weight is 446 g/mol. The first-order valence-corrected chi connectivity index (χ1v) is 13.0. The molecular formula is C26H43N3O3. The predicted molar refractivity (Wildman–Crippen MR) is 126 cm³/mol. The van der Waals surface area contributed by atoms with Crippen LogP contribution in [0.4, 0.5) is 4.79 Å². The van der Waals surface area contributed by atoms with Gasteiger partial charge in [-0.1, -0.05) is 25.9 Å². The van der Waals surface area contributed by atoms with Crippen LogP contribution in [0, 0.1) is 40.4 Å². The normalized spacial score (nSPS) is 41.4. The minimum Gasteiger partial charge on any atom is -0.318 e. The number of ketones is 1. The zero-order valence-electron chi connectivity index (χ0n) is 20.5. The zero-order valence-corrected chi connectivity index (χ0v) is 20.5. The lowest BCUT2D eigenvalue weighted by atomic mass is 9.44. The Bertz CT molecular complexity index is 753. The molecule has 0 aromatic rings. The summed E-state index contributed by atoms with van der Waals surface area (Å²) in [5, 5.41) is 10.2. The van der Waals surface area contributed by atoms with Gasteiger partial charge in [0.2, 0.25) is 0 Å². The van der Waals surface area contributed by atoms with Gasteiger partial charge in [0, 0.05) is 31.8 Å². The Morgan fingerprint density at radius 1 is 1.06 bits per heavy atom. The molecule has 6 heteroatoms. The molecule has 0 unspecified atom stereocenters. The SMILES string of the molecule is CCNCCNC(=O)O/N=C(\C)[C@H]1CC[C@H]2[C@@H]3CC[C@@H]4CC(=O)CC[C@]4(C)[C@H]3CC[C@]12C. The Balaban J connectivity index is 1.40. The number of rotatable bonds is 6. The number of amides is 1. The number of carbonyl (C=O) groups is 2. The minimum atomic E-state index is -0.469. The van der Waals surface area contributed by atoms with Crippen molar-refractivity contribution < 1.29 is 14.4 Å². The van der Waals surface area contributed by atoms with Crippen LogP contribution in [0.5, 0.6) is 0 Å². The standard InChI is InChI=1S/C26H43N3O3/c1-5-27-14-15-28-24(31)32-29-17(2)21-8-9-22-20-7-6-18-16-19(30)10-12-25(18,3)23(20)11-13-26(21,22)4/h18,20-23,27H,5-16H2,1-4H3,(H,28,31)/b29-17+/t18-,20+,21-,22+,23+,25+,26-/m1/s1. The van der Waals surface area contributed by atoms with Gasteiger partial charge >= 0.3 is 6.09 Å². The lowest BCUT2D eigenvalue weighted by molar-refractivity contribution is -0.138. The summed E-state index contributed by atoms with van der Waals surface area (Å²) in [6.45, 7) is 11.2. The van der Waals surface area contributed by atoms with Gasteiger partial charge in [-0.25, -0.2) is 4.79 Å². The van der Waals surface area contributed by atoms with E-state index in [1.54, 1.807) is 0 Å². The number of fused-ring (bicyclic) bond motifs is 5. The molecule has 4 aliphatic carbocycles. The van der Waals surface area contributed by atoms with E-state index in [1.165, 1.54) is 32.1 Å². The largest absolute Gasteiger partial charge is 0.433 e. The van der Waals surface area contributed by atoms with Crippen LogP contribution in [0.25, 0.3) is 0 Å². The van der Waals surface area contributed by atoms with Crippen molar-refractivity contribution in [2.24, 2.45) is 45.6 Å². The second kappa shape index (κ2) is 9.44. The van der Waals surface area contributed by atoms with Gasteiger partial charge in [0.15, 0.2) is 0 Å². The van der Waals surface area contributed by atoms with E-state index in [9.17, 15) is 9.59 Å². The third-order valence-electron chi connectivity index (χ3n) is 10.1. The number of hydrogen-bond donors (Lipinski definition) is 2. The molecule has 180 valence electrons. The molecule has 4 aliphatic rings. The molecule has 0 bridgehead atoms. The average Bonchev–Trinajstić information content (AvgIpc) is 3.13. The van der Waals surface area contributed by atoms with Crippen LogP contribution in [-0.2, 0) is 9.63 Å². The molecule has 6 nitrogen and oxygen atoms in total. The van der Waals surface area contributed by atoms with E-state index in [1.807, 2.05) is 13.8 Å². The maximum Gasteiger partial charge on any atom is 0.433 e. The number of hydrogen-bond acceptors (Lipinski definition) is 5. The molecule has 2 N–H and O–H groups in total. The van der Waals surface area contributed by atoms with Crippen molar-refractivity contribution in [3.05, 3.63) is 0 Å². The topological polar surface area (TPSA) is 79.8 Å². The molecule has 0 spiro atoms. The second-order valence-electron chi connectivity index (χ2n) is 11.5. The minimum absolute atomic E-state index is 0.243. The summed E-state index contributed by atoms with van der Waals surface area (Å²) in [5.41, 5.74) is 1.57. The Kier molecular flexibility index (Phi) is 7.00. The van der Waals surface area contributed by atoms with Crippen molar-refractivity contribution in [1.29, 1.82) is 0 Å². The fourth-order valence-electron chi connectivity index (χ4n) is 8.37. The van der Waals surface area contributed by atoms with Gasteiger partial charge < -0.3 is 10.6 Å². The summed E-state index contributed by atoms with van der Waals surface area (Å²) < 4.78 is 0. The molecule has 0 saturated heterocycles. The van der Waals surface area contributed by atoms with Crippen molar-refractivity contribution in [2.45, 2.75) is 85.5 Å². The molecule has 32 heavy (non-hydrogen) atoms. The maximum atomic E-state index is 12.1. The van der Waals surface area contributed by atoms with Crippen LogP contribution in [0.15, 0.2) is 5.16 Å². The number of nitrogens with one attached hydrogen (secondary N) is 2. The monoisotopic (exact) mass is 445 g/mol. The van der Waals surface area contributed by atoms with Gasteiger partial charge in [-0.3, -0.25) is 9.63 Å². The third kappa shape index (κ3) is 4.24. The Hall–Kier alpha value is -1.43. The van der Waals surface area contributed by atoms with Crippen LogP contribution < -0.4 is 10.6 Å². The van der Waals surface area contributed by atoms with E-state index in [2.05, 4.69) is 29.6 Å². The van der Waals surface area contributed by atoms with Gasteiger partial charge in [0.05, 0.1) is 5.71 Å². The summed E-state index contributed by atoms with van der Waals surface area (Å²) in [7, 11) is 0. The van der Waals surface area contributed by atoms with E-state index in [0.717, 1.165) is 62.2 Å². The molecule has 4 saturated carbocycles. The highest BCUT2D eigenvalue weighted by atomic mass is 16.7. The fraction of sp³-hybridized carbons (Fsp3) is 0.885. The first-order chi connectivity index (χ1) is 15.3. The van der Waals surface area contributed by atoms with Gasteiger partial charge in [0.25, 0.3) is 0 Å². The molecule has 0 heterocycles. The summed E-state index contributed by atoms with van der Waals surface area (Å²) in [4.78, 5) is 29.3. The lowest BCUT2D eigenvalue weighted by Crippen LogP contribution is -2.53. The van der Waals surface area contributed by atoms with E-state index in [-0.39, 0.29) is 5.41 Å². The Labute approximate surface area is 193 Å². The number of oxime groups is 1. The first kappa shape index (κ1) is 23.7. The van der Waals surface area contributed by atoms with Crippen LogP contribution in [0.3, 0.4) is 0 Å². The van der Waals surface area contributed by atoms with Crippen molar-refractivity contribution in [1.82, 2.24) is 10.6 Å². The molecule has 1 amide bonds. The van der Waals surface area contributed by atoms with E-state index < -0.39 is 6.09 Å². The van der Waals surface area contributed by atoms with Gasteiger partial charge in [-0.15, -0.1) is 0 Å². The maximum absolute atomic E-state index is 12.1. The second-order valence-corrected chi connectivity index (χ2v) is 11.5. The highest BCUT2D eigenvalue weighted by molar-refractivity contribution is 5.85. The lowest BCUT2D eigenvalue weighted by Gasteiger charge is -2.60. The predicted octanol–water partition coefficient (Wildman–Crippen LogP) is 4.93. The van der Waals surface area contributed by atoms with Gasteiger partial charge in [0.1, 0.15) is 5.78 Å². The van der Waals surface area contributed by atoms with Crippen molar-refractivity contribution in [2.75, 3.05) is 19.6 Å². The summed E-state index contributed by atoms with van der Waals surface area (Å²) in [5.74, 6) is 3.75. The molecule has 0 aromatic carbocycles. The quantitative estimate of drug-likeness (QED) is 0.263. The summed E-state index contributed by atoms with van der Waals surface area (Å²) >= 11 is 0. The smallest absolute Gasteiger partial charge is 0.318 e. The van der Waals surface area contributed by atoms with Crippen LogP contribution in [0.2, 0.25) is 0 Å². The summed E-state index contributed by atoms with van der Waals surface area (Å²) in [6.07, 6.45) is 9.65. The van der Waals surface area contributed by atoms with E-state index >= 15 is 0 Å². The molecule has 0 aromatic heterocycles. The highest BCUT2D eigenvalue weighted by Gasteiger charge is 2.60. The van der Waals surface area contributed by atoms with Crippen LogP contribution in [-0.4, -0.2) is 37.2 Å². The van der Waals surface area contributed by atoms with Crippen molar-refractivity contribution in [3.8, 4) is 0 Å². The molecule has 4 rings (SSSR count). The number of carbonyl (C=O) groups excluding carboxylic acids is 2. The zero-order chi connectivity index (χ0) is 22.9. The van der Waals surface area contributed by atoms with Crippen LogP contribution >= 0.6 is 0 Å². The van der Waals surface area contributed by atoms with Crippen molar-refractivity contribution >= 4 is 17.6 Å². The number of Topliss-reactive ketones (excluding diaryl/α,β-unsaturated/α-hetero) is 1. The fourth-order valence-corrected chi connectivity index (χ4v) is 8.37. The molecule has 4 fully saturated rings. The molecular weight excluding hydrogens is 402 g/mol. The third-order valence-corrected chi connectivity index (χ3v) is 10.1. The van der Waals surface area contributed by atoms with Crippen molar-refractivity contribution in [3.63, 3.8) is 0 Å². The number of likely N-dealkylation sites (N-methyl/N-ethyl adjacent to an activating group) is 1. The Morgan fingerprint density at radius 3 is 2.62 bits per heavy atom. The molecule has 0 radical (unpaired) electrons. The van der Waals surface area contributed by atoms with Gasteiger partial charge in [-0.05, 0) is 92.9 Å². The molecule has 7 atom stereocenters. The van der Waals surface area contributed by atoms with E-state index in [4.69, 9.17) is 4.84 Å². The van der Waals surface area contributed by atoms with Crippen LogP contribution in [0.1, 0.15) is 85.5 Å². The highest BCUT2D eigenvalue weighted by Crippen LogP contribution is 2.67. The summed E-state index contributed by atoms with van der Waals surface area (Å²) in [6, 6.07) is 0. The van der Waals surface area contributed by atoms with Gasteiger partial charge in [-0.2, -0.15) is 0 Å². The molecule has 0 aliphatic heterocycles.